The van der Waals surface area contributed by atoms with Crippen LogP contribution < -0.4 is 0 Å². The summed E-state index contributed by atoms with van der Waals surface area (Å²) in [7, 11) is 0. The van der Waals surface area contributed by atoms with Crippen molar-refractivity contribution in [1.29, 1.82) is 0 Å². The van der Waals surface area contributed by atoms with Crippen LogP contribution >= 0.6 is 11.8 Å². The zero-order valence-corrected chi connectivity index (χ0v) is 12.3. The first-order valence-corrected chi connectivity index (χ1v) is 7.54. The number of nitrogens with zero attached hydrogens (tertiary/aromatic N) is 2. The van der Waals surface area contributed by atoms with Crippen LogP contribution in [0.3, 0.4) is 0 Å². The highest BCUT2D eigenvalue weighted by atomic mass is 32.2. The fraction of sp³-hybridized carbons (Fsp3) is 0.615. The molecule has 1 aromatic heterocycles. The van der Waals surface area contributed by atoms with Gasteiger partial charge in [0.15, 0.2) is 11.5 Å². The van der Waals surface area contributed by atoms with E-state index >= 15 is 0 Å². The molecule has 1 aliphatic rings. The highest BCUT2D eigenvalue weighted by Gasteiger charge is 2.22. The van der Waals surface area contributed by atoms with Gasteiger partial charge in [-0.05, 0) is 19.3 Å². The molecule has 0 amide bonds. The number of hydrogen-bond donors (Lipinski definition) is 1. The summed E-state index contributed by atoms with van der Waals surface area (Å²) in [6.45, 7) is 7.19. The van der Waals surface area contributed by atoms with Crippen LogP contribution in [0.2, 0.25) is 0 Å². The van der Waals surface area contributed by atoms with E-state index in [2.05, 4.69) is 28.8 Å². The second kappa shape index (κ2) is 6.23. The molecule has 2 rings (SSSR count). The number of aromatic nitrogens is 2. The normalized spacial score (nSPS) is 14.8. The third-order valence-electron chi connectivity index (χ3n) is 2.65. The number of carbonyl (C=O) groups excluding carboxylic acids is 1. The van der Waals surface area contributed by atoms with Gasteiger partial charge in [0.05, 0.1) is 12.3 Å². The molecule has 0 aromatic carbocycles. The van der Waals surface area contributed by atoms with Crippen LogP contribution in [0.4, 0.5) is 0 Å². The lowest BCUT2D eigenvalue weighted by atomic mass is 10.1. The van der Waals surface area contributed by atoms with Gasteiger partial charge in [0.2, 0.25) is 0 Å². The number of ether oxygens (including phenoxy) is 1. The topological polar surface area (TPSA) is 67.3 Å². The molecule has 0 atom stereocenters. The van der Waals surface area contributed by atoms with E-state index in [1.807, 2.05) is 0 Å². The second-order valence-electron chi connectivity index (χ2n) is 4.77. The van der Waals surface area contributed by atoms with Gasteiger partial charge in [-0.2, -0.15) is 0 Å². The molecule has 5 nitrogen and oxygen atoms in total. The number of thioether (sulfide) groups is 1. The number of rotatable bonds is 5. The minimum atomic E-state index is -0.357. The standard InChI is InChI=1S/C13H19N3O2S/c1-4-18-13(17)10-9(7-8(2)3)15-11(16-10)12-14-5-6-19-12/h8H,4-7H2,1-3H3,(H,15,16). The Morgan fingerprint density at radius 2 is 2.32 bits per heavy atom. The smallest absolute Gasteiger partial charge is 0.358 e. The maximum Gasteiger partial charge on any atom is 0.358 e. The molecule has 1 aromatic rings. The molecule has 1 N–H and O–H groups in total. The number of H-pyrrole nitrogens is 1. The molecular formula is C13H19N3O2S. The summed E-state index contributed by atoms with van der Waals surface area (Å²) >= 11 is 1.67. The molecule has 0 spiro atoms. The van der Waals surface area contributed by atoms with Crippen LogP contribution in [0.1, 0.15) is 42.8 Å². The average Bonchev–Trinajstić information content (AvgIpc) is 2.96. The largest absolute Gasteiger partial charge is 0.461 e. The van der Waals surface area contributed by atoms with Crippen LogP contribution in [0.15, 0.2) is 4.99 Å². The van der Waals surface area contributed by atoms with Gasteiger partial charge in [0.25, 0.3) is 0 Å². The molecule has 2 heterocycles. The quantitative estimate of drug-likeness (QED) is 0.841. The minimum absolute atomic E-state index is 0.357. The summed E-state index contributed by atoms with van der Waals surface area (Å²) in [5, 5.41) is 0.889. The lowest BCUT2D eigenvalue weighted by Crippen LogP contribution is -2.09. The molecule has 0 aliphatic carbocycles. The van der Waals surface area contributed by atoms with Gasteiger partial charge in [-0.15, -0.1) is 11.8 Å². The van der Waals surface area contributed by atoms with Crippen molar-refractivity contribution in [1.82, 2.24) is 9.97 Å². The highest BCUT2D eigenvalue weighted by molar-refractivity contribution is 8.14. The Kier molecular flexibility index (Phi) is 4.63. The fourth-order valence-corrected chi connectivity index (χ4v) is 2.71. The van der Waals surface area contributed by atoms with E-state index in [0.717, 1.165) is 29.5 Å². The van der Waals surface area contributed by atoms with E-state index in [1.165, 1.54) is 0 Å². The molecular weight excluding hydrogens is 262 g/mol. The minimum Gasteiger partial charge on any atom is -0.461 e. The van der Waals surface area contributed by atoms with Crippen molar-refractivity contribution in [3.8, 4) is 0 Å². The van der Waals surface area contributed by atoms with Gasteiger partial charge < -0.3 is 9.72 Å². The van der Waals surface area contributed by atoms with E-state index in [4.69, 9.17) is 4.74 Å². The lowest BCUT2D eigenvalue weighted by Gasteiger charge is -2.04. The Bertz CT molecular complexity index is 494. The molecule has 0 bridgehead atoms. The number of esters is 1. The maximum atomic E-state index is 11.9. The summed E-state index contributed by atoms with van der Waals surface area (Å²) in [4.78, 5) is 23.9. The van der Waals surface area contributed by atoms with Gasteiger partial charge in [-0.3, -0.25) is 4.99 Å². The van der Waals surface area contributed by atoms with Gasteiger partial charge in [0.1, 0.15) is 5.04 Å². The molecule has 6 heteroatoms. The predicted octanol–water partition coefficient (Wildman–Crippen LogP) is 2.28. The summed E-state index contributed by atoms with van der Waals surface area (Å²) in [6.07, 6.45) is 0.777. The molecule has 0 unspecified atom stereocenters. The van der Waals surface area contributed by atoms with E-state index in [1.54, 1.807) is 18.7 Å². The van der Waals surface area contributed by atoms with Gasteiger partial charge in [-0.1, -0.05) is 13.8 Å². The monoisotopic (exact) mass is 281 g/mol. The van der Waals surface area contributed by atoms with Crippen molar-refractivity contribution in [2.45, 2.75) is 27.2 Å². The van der Waals surface area contributed by atoms with E-state index in [-0.39, 0.29) is 5.97 Å². The lowest BCUT2D eigenvalue weighted by molar-refractivity contribution is 0.0518. The summed E-state index contributed by atoms with van der Waals surface area (Å²) in [6, 6.07) is 0. The Morgan fingerprint density at radius 3 is 2.89 bits per heavy atom. The van der Waals surface area contributed by atoms with Crippen LogP contribution in [-0.4, -0.2) is 39.9 Å². The van der Waals surface area contributed by atoms with Crippen molar-refractivity contribution in [2.24, 2.45) is 10.9 Å². The van der Waals surface area contributed by atoms with Crippen LogP contribution in [-0.2, 0) is 11.2 Å². The summed E-state index contributed by atoms with van der Waals surface area (Å²) < 4.78 is 5.06. The third-order valence-corrected chi connectivity index (χ3v) is 3.63. The molecule has 0 radical (unpaired) electrons. The second-order valence-corrected chi connectivity index (χ2v) is 5.85. The zero-order valence-electron chi connectivity index (χ0n) is 11.5. The highest BCUT2D eigenvalue weighted by Crippen LogP contribution is 2.20. The number of hydrogen-bond acceptors (Lipinski definition) is 5. The number of aliphatic imine (C=N–C) groups is 1. The Hall–Kier alpha value is -1.30. The molecule has 1 aliphatic heterocycles. The molecule has 104 valence electrons. The first-order valence-electron chi connectivity index (χ1n) is 6.55. The number of carbonyl (C=O) groups is 1. The van der Waals surface area contributed by atoms with Crippen molar-refractivity contribution >= 4 is 22.8 Å². The van der Waals surface area contributed by atoms with Gasteiger partial charge in [0, 0.05) is 12.3 Å². The van der Waals surface area contributed by atoms with Gasteiger partial charge >= 0.3 is 5.97 Å². The Morgan fingerprint density at radius 1 is 1.53 bits per heavy atom. The Balaban J connectivity index is 2.30. The van der Waals surface area contributed by atoms with Crippen LogP contribution in [0.5, 0.6) is 0 Å². The molecule has 0 fully saturated rings. The summed E-state index contributed by atoms with van der Waals surface area (Å²) in [5.41, 5.74) is 1.25. The SMILES string of the molecule is CCOC(=O)c1nc(C2=NCCS2)[nH]c1CC(C)C. The molecule has 0 saturated carbocycles. The zero-order chi connectivity index (χ0) is 13.8. The fourth-order valence-electron chi connectivity index (χ4n) is 1.91. The third kappa shape index (κ3) is 3.37. The summed E-state index contributed by atoms with van der Waals surface area (Å²) in [5.74, 6) is 1.76. The average molecular weight is 281 g/mol. The van der Waals surface area contributed by atoms with Crippen molar-refractivity contribution in [3.05, 3.63) is 17.2 Å². The maximum absolute atomic E-state index is 11.9. The first kappa shape index (κ1) is 14.1. The Labute approximate surface area is 117 Å². The van der Waals surface area contributed by atoms with Crippen LogP contribution in [0, 0.1) is 5.92 Å². The van der Waals surface area contributed by atoms with Gasteiger partial charge in [-0.25, -0.2) is 9.78 Å². The van der Waals surface area contributed by atoms with Crippen molar-refractivity contribution in [2.75, 3.05) is 18.9 Å². The molecule has 0 saturated heterocycles. The first-order chi connectivity index (χ1) is 9.11. The van der Waals surface area contributed by atoms with E-state index in [0.29, 0.717) is 24.0 Å². The number of aromatic amines is 1. The molecule has 19 heavy (non-hydrogen) atoms. The number of nitrogens with one attached hydrogen (secondary N) is 1. The van der Waals surface area contributed by atoms with E-state index < -0.39 is 0 Å². The van der Waals surface area contributed by atoms with Crippen LogP contribution in [0.25, 0.3) is 0 Å². The van der Waals surface area contributed by atoms with Crippen molar-refractivity contribution < 1.29 is 9.53 Å². The van der Waals surface area contributed by atoms with Crippen molar-refractivity contribution in [3.63, 3.8) is 0 Å². The predicted molar refractivity (Wildman–Crippen MR) is 76.9 cm³/mol. The number of imidazole rings is 1. The van der Waals surface area contributed by atoms with E-state index in [9.17, 15) is 4.79 Å².